The van der Waals surface area contributed by atoms with Gasteiger partial charge in [0.05, 0.1) is 11.6 Å². The topological polar surface area (TPSA) is 204 Å². The molecule has 0 aromatic heterocycles. The fraction of sp³-hybridized carbons (Fsp3) is 0.333. The van der Waals surface area contributed by atoms with Gasteiger partial charge < -0.3 is 31.9 Å². The Morgan fingerprint density at radius 2 is 1.80 bits per heavy atom. The highest BCUT2D eigenvalue weighted by Crippen LogP contribution is 2.52. The summed E-state index contributed by atoms with van der Waals surface area (Å²) < 4.78 is 0. The maximum absolute atomic E-state index is 13.7. The predicted molar refractivity (Wildman–Crippen MR) is 120 cm³/mol. The molecule has 0 unspecified atom stereocenters. The van der Waals surface area contributed by atoms with Gasteiger partial charge in [0, 0.05) is 17.1 Å². The highest BCUT2D eigenvalue weighted by Gasteiger charge is 2.64. The van der Waals surface area contributed by atoms with Gasteiger partial charge in [-0.15, -0.1) is 0 Å². The predicted octanol–water partition coefficient (Wildman–Crippen LogP) is -1.20. The van der Waals surface area contributed by atoms with Crippen LogP contribution in [0.4, 0.5) is 0 Å². The average molecular weight is 481 g/mol. The minimum absolute atomic E-state index is 0.0515. The third-order valence-electron chi connectivity index (χ3n) is 6.92. The van der Waals surface area contributed by atoms with Crippen LogP contribution in [0.25, 0.3) is 5.76 Å². The van der Waals surface area contributed by atoms with E-state index >= 15 is 0 Å². The van der Waals surface area contributed by atoms with Gasteiger partial charge in [0.1, 0.15) is 22.8 Å². The molecule has 1 aromatic rings. The van der Waals surface area contributed by atoms with Crippen molar-refractivity contribution in [3.8, 4) is 17.6 Å². The Morgan fingerprint density at radius 1 is 1.14 bits per heavy atom. The lowest BCUT2D eigenvalue weighted by atomic mass is 9.57. The van der Waals surface area contributed by atoms with E-state index in [2.05, 4.69) is 11.8 Å². The van der Waals surface area contributed by atoms with Gasteiger partial charge in [-0.25, -0.2) is 0 Å². The second-order valence-corrected chi connectivity index (χ2v) is 9.06. The third kappa shape index (κ3) is 3.30. The zero-order valence-electron chi connectivity index (χ0n) is 18.8. The van der Waals surface area contributed by atoms with Gasteiger partial charge in [-0.1, -0.05) is 5.92 Å². The number of aliphatic hydroxyl groups is 3. The van der Waals surface area contributed by atoms with E-state index in [0.29, 0.717) is 5.56 Å². The number of phenolic OH excluding ortho intramolecular Hbond substituents is 1. The fourth-order valence-electron chi connectivity index (χ4n) is 5.49. The second-order valence-electron chi connectivity index (χ2n) is 9.06. The van der Waals surface area contributed by atoms with E-state index in [-0.39, 0.29) is 35.3 Å². The number of primary amides is 2. The first kappa shape index (κ1) is 24.0. The third-order valence-corrected chi connectivity index (χ3v) is 6.92. The Morgan fingerprint density at radius 3 is 2.37 bits per heavy atom. The van der Waals surface area contributed by atoms with Crippen LogP contribution in [-0.2, 0) is 25.6 Å². The Bertz CT molecular complexity index is 1350. The number of carbonyl (C=O) groups excluding carboxylic acids is 4. The van der Waals surface area contributed by atoms with Crippen molar-refractivity contribution in [1.29, 1.82) is 0 Å². The molecule has 4 atom stereocenters. The number of likely N-dealkylation sites (N-methyl/N-ethyl adjacent to an activating group) is 1. The van der Waals surface area contributed by atoms with E-state index in [1.54, 1.807) is 0 Å². The van der Waals surface area contributed by atoms with Crippen LogP contribution < -0.4 is 11.5 Å². The van der Waals surface area contributed by atoms with Gasteiger partial charge in [-0.2, -0.15) is 0 Å². The van der Waals surface area contributed by atoms with E-state index < -0.39 is 64.0 Å². The summed E-state index contributed by atoms with van der Waals surface area (Å²) in [4.78, 5) is 51.3. The molecule has 182 valence electrons. The molecule has 0 aliphatic heterocycles. The van der Waals surface area contributed by atoms with Crippen molar-refractivity contribution in [1.82, 2.24) is 4.90 Å². The molecule has 35 heavy (non-hydrogen) atoms. The second kappa shape index (κ2) is 7.97. The molecule has 1 fully saturated rings. The minimum Gasteiger partial charge on any atom is -0.508 e. The molecule has 11 nitrogen and oxygen atoms in total. The SMILES string of the molecule is CN(C)[C@@H]1C(=O)C(C(N)=O)=C(O)[C@@]2(O)C(=O)C3=C(O)c4c(O)ccc(C#CC(N)=O)c4C[C@H]3C[C@@H]12. The van der Waals surface area contributed by atoms with Crippen molar-refractivity contribution >= 4 is 29.1 Å². The monoisotopic (exact) mass is 481 g/mol. The normalized spacial score (nSPS) is 27.6. The fourth-order valence-corrected chi connectivity index (χ4v) is 5.49. The Hall–Kier alpha value is -4.14. The molecule has 11 heteroatoms. The van der Waals surface area contributed by atoms with E-state index in [9.17, 15) is 39.6 Å². The van der Waals surface area contributed by atoms with Crippen molar-refractivity contribution in [2.75, 3.05) is 14.1 Å². The lowest BCUT2D eigenvalue weighted by Gasteiger charge is -2.50. The summed E-state index contributed by atoms with van der Waals surface area (Å²) in [6, 6.07) is 1.48. The van der Waals surface area contributed by atoms with Crippen molar-refractivity contribution in [2.24, 2.45) is 23.3 Å². The van der Waals surface area contributed by atoms with Crippen LogP contribution in [0.15, 0.2) is 29.0 Å². The summed E-state index contributed by atoms with van der Waals surface area (Å²) in [7, 11) is 3.03. The number of aliphatic hydroxyl groups excluding tert-OH is 2. The molecule has 0 saturated heterocycles. The number of nitrogens with zero attached hydrogens (tertiary/aromatic N) is 1. The zero-order valence-corrected chi connectivity index (χ0v) is 18.8. The van der Waals surface area contributed by atoms with Crippen LogP contribution in [0.2, 0.25) is 0 Å². The number of rotatable bonds is 2. The Balaban J connectivity index is 1.98. The van der Waals surface area contributed by atoms with Crippen LogP contribution >= 0.6 is 0 Å². The van der Waals surface area contributed by atoms with Gasteiger partial charge >= 0.3 is 0 Å². The number of carbonyl (C=O) groups is 4. The molecule has 1 saturated carbocycles. The highest BCUT2D eigenvalue weighted by atomic mass is 16.3. The summed E-state index contributed by atoms with van der Waals surface area (Å²) in [6.07, 6.45) is 0.00974. The Kier molecular flexibility index (Phi) is 5.47. The molecule has 3 aliphatic rings. The first-order chi connectivity index (χ1) is 16.3. The largest absolute Gasteiger partial charge is 0.508 e. The summed E-state index contributed by atoms with van der Waals surface area (Å²) >= 11 is 0. The summed E-state index contributed by atoms with van der Waals surface area (Å²) in [6.45, 7) is 0. The molecule has 0 radical (unpaired) electrons. The maximum atomic E-state index is 13.7. The molecule has 0 heterocycles. The van der Waals surface area contributed by atoms with Gasteiger partial charge in [-0.05, 0) is 56.5 Å². The maximum Gasteiger partial charge on any atom is 0.293 e. The lowest BCUT2D eigenvalue weighted by Crippen LogP contribution is -2.65. The van der Waals surface area contributed by atoms with E-state index in [4.69, 9.17) is 11.5 Å². The van der Waals surface area contributed by atoms with Gasteiger partial charge in [0.15, 0.2) is 11.4 Å². The minimum atomic E-state index is -2.70. The quantitative estimate of drug-likeness (QED) is 0.221. The molecule has 1 aromatic carbocycles. The highest BCUT2D eigenvalue weighted by molar-refractivity contribution is 6.24. The van der Waals surface area contributed by atoms with Gasteiger partial charge in [-0.3, -0.25) is 24.1 Å². The molecule has 0 bridgehead atoms. The van der Waals surface area contributed by atoms with Crippen molar-refractivity contribution in [3.05, 3.63) is 45.7 Å². The zero-order chi connectivity index (χ0) is 26.0. The molecular weight excluding hydrogens is 458 g/mol. The molecule has 0 spiro atoms. The van der Waals surface area contributed by atoms with E-state index in [1.165, 1.54) is 31.1 Å². The molecular formula is C24H23N3O8. The number of hydrogen-bond acceptors (Lipinski definition) is 9. The number of hydrogen-bond donors (Lipinski definition) is 6. The van der Waals surface area contributed by atoms with Crippen LogP contribution in [-0.4, -0.2) is 74.4 Å². The first-order valence-corrected chi connectivity index (χ1v) is 10.6. The number of nitrogens with two attached hydrogens (primary N) is 2. The number of phenols is 1. The van der Waals surface area contributed by atoms with E-state index in [1.807, 2.05) is 0 Å². The van der Waals surface area contributed by atoms with Crippen molar-refractivity contribution in [3.63, 3.8) is 0 Å². The number of fused-ring (bicyclic) bond motifs is 3. The smallest absolute Gasteiger partial charge is 0.293 e. The van der Waals surface area contributed by atoms with Crippen LogP contribution in [0, 0.1) is 23.7 Å². The van der Waals surface area contributed by atoms with Crippen molar-refractivity contribution < 1.29 is 39.6 Å². The van der Waals surface area contributed by atoms with Crippen molar-refractivity contribution in [2.45, 2.75) is 24.5 Å². The van der Waals surface area contributed by atoms with Crippen LogP contribution in [0.1, 0.15) is 23.1 Å². The standard InChI is InChI=1S/C24H23N3O8/c1-27(2)18-12-8-10-7-11-9(4-6-14(25)29)3-5-13(28)16(11)19(30)15(10)21(32)24(12,35)22(33)17(20(18)31)23(26)34/h3,5,10,12,18,28,30,33,35H,7-8H2,1-2H3,(H2,25,29)(H2,26,34)/t10-,12-,18-,24-/m0/s1. The van der Waals surface area contributed by atoms with Crippen LogP contribution in [0.5, 0.6) is 5.75 Å². The number of aromatic hydroxyl groups is 1. The summed E-state index contributed by atoms with van der Waals surface area (Å²) in [5.74, 6) is -3.44. The summed E-state index contributed by atoms with van der Waals surface area (Å²) in [5, 5.41) is 43.8. The molecule has 2 amide bonds. The Labute approximate surface area is 199 Å². The molecule has 4 rings (SSSR count). The average Bonchev–Trinajstić information content (AvgIpc) is 2.75. The van der Waals surface area contributed by atoms with Gasteiger partial charge in [0.25, 0.3) is 11.8 Å². The van der Waals surface area contributed by atoms with Gasteiger partial charge in [0.2, 0.25) is 5.78 Å². The number of Topliss-reactive ketones (excluding diaryl/α,β-unsaturated/α-hetero) is 2. The van der Waals surface area contributed by atoms with E-state index in [0.717, 1.165) is 0 Å². The van der Waals surface area contributed by atoms with Crippen LogP contribution in [0.3, 0.4) is 0 Å². The summed E-state index contributed by atoms with van der Waals surface area (Å²) in [5.41, 5.74) is 7.06. The molecule has 8 N–H and O–H groups in total. The number of ketones is 2. The number of amides is 2. The lowest BCUT2D eigenvalue weighted by molar-refractivity contribution is -0.153. The first-order valence-electron chi connectivity index (χ1n) is 10.6. The number of benzene rings is 1. The molecule has 3 aliphatic carbocycles.